The molecule has 0 atom stereocenters. The Labute approximate surface area is 147 Å². The van der Waals surface area contributed by atoms with Gasteiger partial charge in [0.25, 0.3) is 0 Å². The lowest BCUT2D eigenvalue weighted by molar-refractivity contribution is 0.0635. The van der Waals surface area contributed by atoms with Crippen molar-refractivity contribution in [3.63, 3.8) is 0 Å². The van der Waals surface area contributed by atoms with Gasteiger partial charge in [0.2, 0.25) is 0 Å². The number of benzene rings is 2. The Morgan fingerprint density at radius 2 is 1.76 bits per heavy atom. The van der Waals surface area contributed by atoms with Crippen molar-refractivity contribution in [2.24, 2.45) is 0 Å². The molecule has 0 spiro atoms. The molecule has 0 saturated heterocycles. The Morgan fingerprint density at radius 1 is 1.08 bits per heavy atom. The molecule has 0 unspecified atom stereocenters. The molecule has 0 radical (unpaired) electrons. The molecule has 25 heavy (non-hydrogen) atoms. The number of carbonyl (C=O) groups is 2. The second kappa shape index (κ2) is 7.92. The number of ketones is 1. The van der Waals surface area contributed by atoms with Crippen molar-refractivity contribution in [2.75, 3.05) is 5.32 Å². The molecule has 132 valence electrons. The highest BCUT2D eigenvalue weighted by atomic mass is 19.1. The number of aryl methyl sites for hydroxylation is 1. The number of hydrogen-bond donors (Lipinski definition) is 1. The largest absolute Gasteiger partial charge is 0.444 e. The molecule has 0 heterocycles. The van der Waals surface area contributed by atoms with E-state index < -0.39 is 17.5 Å². The molecule has 0 aromatic heterocycles. The number of nitrogens with one attached hydrogen (secondary N) is 1. The van der Waals surface area contributed by atoms with E-state index in [1.807, 2.05) is 6.07 Å². The van der Waals surface area contributed by atoms with Gasteiger partial charge in [-0.2, -0.15) is 0 Å². The summed E-state index contributed by atoms with van der Waals surface area (Å²) in [5.41, 5.74) is 0.971. The molecule has 2 rings (SSSR count). The third-order valence-corrected chi connectivity index (χ3v) is 3.42. The van der Waals surface area contributed by atoms with Crippen molar-refractivity contribution >= 4 is 17.6 Å². The summed E-state index contributed by atoms with van der Waals surface area (Å²) in [6.45, 7) is 5.24. The summed E-state index contributed by atoms with van der Waals surface area (Å²) in [5, 5.41) is 2.56. The van der Waals surface area contributed by atoms with Crippen LogP contribution in [0.1, 0.15) is 43.1 Å². The molecule has 0 saturated carbocycles. The fourth-order valence-corrected chi connectivity index (χ4v) is 2.31. The van der Waals surface area contributed by atoms with Gasteiger partial charge in [0.05, 0.1) is 5.69 Å². The van der Waals surface area contributed by atoms with E-state index in [0.29, 0.717) is 23.2 Å². The highest BCUT2D eigenvalue weighted by Crippen LogP contribution is 2.21. The molecule has 1 N–H and O–H groups in total. The smallest absolute Gasteiger partial charge is 0.412 e. The van der Waals surface area contributed by atoms with Gasteiger partial charge in [-0.3, -0.25) is 10.1 Å². The Hall–Kier alpha value is -2.69. The lowest BCUT2D eigenvalue weighted by Crippen LogP contribution is -2.27. The van der Waals surface area contributed by atoms with E-state index >= 15 is 0 Å². The average Bonchev–Trinajstić information content (AvgIpc) is 2.53. The van der Waals surface area contributed by atoms with Crippen molar-refractivity contribution in [2.45, 2.75) is 39.2 Å². The molecule has 4 nitrogen and oxygen atoms in total. The molecule has 0 aliphatic rings. The zero-order valence-electron chi connectivity index (χ0n) is 14.6. The van der Waals surface area contributed by atoms with Crippen LogP contribution in [0.2, 0.25) is 0 Å². The van der Waals surface area contributed by atoms with Crippen molar-refractivity contribution in [1.82, 2.24) is 0 Å². The zero-order valence-corrected chi connectivity index (χ0v) is 14.6. The summed E-state index contributed by atoms with van der Waals surface area (Å²) in [4.78, 5) is 24.1. The number of rotatable bonds is 5. The lowest BCUT2D eigenvalue weighted by Gasteiger charge is -2.20. The van der Waals surface area contributed by atoms with Crippen LogP contribution in [0.3, 0.4) is 0 Å². The summed E-state index contributed by atoms with van der Waals surface area (Å²) < 4.78 is 18.7. The first-order valence-electron chi connectivity index (χ1n) is 8.11. The van der Waals surface area contributed by atoms with Crippen LogP contribution >= 0.6 is 0 Å². The molecular formula is C20H22FNO3. The van der Waals surface area contributed by atoms with Gasteiger partial charge in [0.15, 0.2) is 5.78 Å². The molecule has 0 aliphatic carbocycles. The summed E-state index contributed by atoms with van der Waals surface area (Å²) in [6.07, 6.45) is -0.00800. The van der Waals surface area contributed by atoms with Crippen molar-refractivity contribution < 1.29 is 18.7 Å². The Bertz CT molecular complexity index is 751. The summed E-state index contributed by atoms with van der Waals surface area (Å²) in [7, 11) is 0. The fourth-order valence-electron chi connectivity index (χ4n) is 2.31. The first-order valence-corrected chi connectivity index (χ1v) is 8.11. The van der Waals surface area contributed by atoms with E-state index in [4.69, 9.17) is 4.74 Å². The minimum Gasteiger partial charge on any atom is -0.444 e. The molecule has 5 heteroatoms. The normalized spacial score (nSPS) is 11.0. The molecule has 2 aromatic carbocycles. The molecular weight excluding hydrogens is 321 g/mol. The van der Waals surface area contributed by atoms with Gasteiger partial charge < -0.3 is 4.74 Å². The van der Waals surface area contributed by atoms with E-state index in [9.17, 15) is 14.0 Å². The topological polar surface area (TPSA) is 55.4 Å². The number of halogens is 1. The monoisotopic (exact) mass is 343 g/mol. The molecule has 0 bridgehead atoms. The maximum Gasteiger partial charge on any atom is 0.412 e. The predicted molar refractivity (Wildman–Crippen MR) is 95.4 cm³/mol. The summed E-state index contributed by atoms with van der Waals surface area (Å²) >= 11 is 0. The van der Waals surface area contributed by atoms with Gasteiger partial charge in [0, 0.05) is 12.0 Å². The second-order valence-corrected chi connectivity index (χ2v) is 6.72. The quantitative estimate of drug-likeness (QED) is 0.778. The van der Waals surface area contributed by atoms with Crippen LogP contribution in [0.15, 0.2) is 48.5 Å². The van der Waals surface area contributed by atoms with Crippen molar-refractivity contribution in [3.8, 4) is 0 Å². The average molecular weight is 343 g/mol. The van der Waals surface area contributed by atoms with Crippen LogP contribution in [0.5, 0.6) is 0 Å². The van der Waals surface area contributed by atoms with Crippen LogP contribution in [-0.2, 0) is 11.2 Å². The number of amides is 1. The number of carbonyl (C=O) groups excluding carboxylic acids is 2. The third kappa shape index (κ3) is 6.03. The highest BCUT2D eigenvalue weighted by Gasteiger charge is 2.18. The van der Waals surface area contributed by atoms with Crippen LogP contribution in [-0.4, -0.2) is 17.5 Å². The predicted octanol–water partition coefficient (Wildman–Crippen LogP) is 4.99. The Balaban J connectivity index is 2.08. The maximum atomic E-state index is 13.5. The maximum absolute atomic E-state index is 13.5. The van der Waals surface area contributed by atoms with E-state index in [1.54, 1.807) is 51.1 Å². The summed E-state index contributed by atoms with van der Waals surface area (Å²) in [6, 6.07) is 13.1. The van der Waals surface area contributed by atoms with Gasteiger partial charge in [0.1, 0.15) is 11.4 Å². The number of Topliss-reactive ketones (excluding diaryl/α,β-unsaturated/α-hetero) is 1. The Kier molecular flexibility index (Phi) is 5.91. The van der Waals surface area contributed by atoms with Crippen LogP contribution in [0, 0.1) is 5.82 Å². The second-order valence-electron chi connectivity index (χ2n) is 6.72. The number of anilines is 1. The zero-order chi connectivity index (χ0) is 18.4. The van der Waals surface area contributed by atoms with Gasteiger partial charge in [-0.25, -0.2) is 9.18 Å². The number of hydrogen-bond acceptors (Lipinski definition) is 3. The van der Waals surface area contributed by atoms with E-state index in [2.05, 4.69) is 5.32 Å². The first kappa shape index (κ1) is 18.6. The number of ether oxygens (including phenoxy) is 1. The minimum atomic E-state index is -0.659. The highest BCUT2D eigenvalue weighted by molar-refractivity contribution is 5.96. The van der Waals surface area contributed by atoms with E-state index in [1.165, 1.54) is 12.1 Å². The van der Waals surface area contributed by atoms with Crippen molar-refractivity contribution in [3.05, 3.63) is 65.5 Å². The summed E-state index contributed by atoms with van der Waals surface area (Å²) in [5.74, 6) is -0.475. The van der Waals surface area contributed by atoms with Crippen molar-refractivity contribution in [1.29, 1.82) is 0 Å². The van der Waals surface area contributed by atoms with Gasteiger partial charge >= 0.3 is 6.09 Å². The first-order chi connectivity index (χ1) is 11.7. The molecule has 0 fully saturated rings. The SMILES string of the molecule is CC(C)(C)OC(=O)Nc1cc(F)ccc1CCC(=O)c1ccccc1. The Morgan fingerprint density at radius 3 is 2.40 bits per heavy atom. The van der Waals surface area contributed by atoms with E-state index in [-0.39, 0.29) is 12.2 Å². The molecule has 0 aliphatic heterocycles. The standard InChI is InChI=1S/C20H22FNO3/c1-20(2,3)25-19(24)22-17-13-16(21)11-9-14(17)10-12-18(23)15-7-5-4-6-8-15/h4-9,11,13H,10,12H2,1-3H3,(H,22,24). The van der Waals surface area contributed by atoms with Crippen LogP contribution in [0.4, 0.5) is 14.9 Å². The molecule has 1 amide bonds. The van der Waals surface area contributed by atoms with E-state index in [0.717, 1.165) is 0 Å². The van der Waals surface area contributed by atoms with Gasteiger partial charge in [-0.1, -0.05) is 36.4 Å². The van der Waals surface area contributed by atoms with Gasteiger partial charge in [-0.05, 0) is 44.9 Å². The molecule has 2 aromatic rings. The van der Waals surface area contributed by atoms with Crippen LogP contribution in [0.25, 0.3) is 0 Å². The lowest BCUT2D eigenvalue weighted by atomic mass is 10.0. The fraction of sp³-hybridized carbons (Fsp3) is 0.300. The minimum absolute atomic E-state index is 0.00635. The third-order valence-electron chi connectivity index (χ3n) is 3.42. The van der Waals surface area contributed by atoms with Crippen LogP contribution < -0.4 is 5.32 Å². The van der Waals surface area contributed by atoms with Gasteiger partial charge in [-0.15, -0.1) is 0 Å².